The second kappa shape index (κ2) is 13.9. The van der Waals surface area contributed by atoms with Crippen LogP contribution in [-0.2, 0) is 26.5 Å². The van der Waals surface area contributed by atoms with Crippen LogP contribution >= 0.6 is 0 Å². The van der Waals surface area contributed by atoms with Gasteiger partial charge in [-0.1, -0.05) is 116 Å². The molecule has 4 nitrogen and oxygen atoms in total. The van der Waals surface area contributed by atoms with Crippen LogP contribution in [0.15, 0.2) is 121 Å². The van der Waals surface area contributed by atoms with Gasteiger partial charge in [-0.15, -0.1) is 35.4 Å². The van der Waals surface area contributed by atoms with Gasteiger partial charge in [0.1, 0.15) is 11.6 Å². The fourth-order valence-corrected chi connectivity index (χ4v) is 7.66. The summed E-state index contributed by atoms with van der Waals surface area (Å²) in [6.07, 6.45) is 1.85. The number of imidazole rings is 1. The van der Waals surface area contributed by atoms with Crippen molar-refractivity contribution in [3.8, 4) is 56.2 Å². The first-order chi connectivity index (χ1) is 25.0. The molecular weight excluding hydrogens is 830 g/mol. The summed E-state index contributed by atoms with van der Waals surface area (Å²) in [7, 11) is 0. The first-order valence-corrected chi connectivity index (χ1v) is 17.9. The molecule has 0 aliphatic rings. The molecule has 1 N–H and O–H groups in total. The molecule has 0 saturated carbocycles. The van der Waals surface area contributed by atoms with Gasteiger partial charge in [-0.05, 0) is 90.6 Å². The number of aryl methyl sites for hydroxylation is 4. The largest absolute Gasteiger partial charge is 0.507 e. The Labute approximate surface area is 326 Å². The Morgan fingerprint density at radius 3 is 2.08 bits per heavy atom. The summed E-state index contributed by atoms with van der Waals surface area (Å²) >= 11 is 0. The molecule has 5 heteroatoms. The van der Waals surface area contributed by atoms with Crippen LogP contribution in [0, 0.1) is 33.8 Å². The zero-order valence-corrected chi connectivity index (χ0v) is 33.4. The number of aromatic nitrogens is 3. The number of aromatic hydroxyl groups is 1. The van der Waals surface area contributed by atoms with Gasteiger partial charge in [0.05, 0.1) is 22.3 Å². The summed E-state index contributed by atoms with van der Waals surface area (Å²) in [4.78, 5) is 10.2. The molecule has 2 aromatic heterocycles. The van der Waals surface area contributed by atoms with Gasteiger partial charge in [0.15, 0.2) is 0 Å². The van der Waals surface area contributed by atoms with Crippen LogP contribution < -0.4 is 0 Å². The summed E-state index contributed by atoms with van der Waals surface area (Å²) < 4.78 is 2.23. The average Bonchev–Trinajstić information content (AvgIpc) is 3.50. The maximum atomic E-state index is 11.6. The summed E-state index contributed by atoms with van der Waals surface area (Å²) in [5.41, 5.74) is 16.6. The molecule has 6 aromatic carbocycles. The van der Waals surface area contributed by atoms with Crippen LogP contribution in [0.25, 0.3) is 72.4 Å². The Morgan fingerprint density at radius 1 is 0.642 bits per heavy atom. The topological polar surface area (TPSA) is 50.9 Å². The number of rotatable bonds is 5. The van der Waals surface area contributed by atoms with Gasteiger partial charge in [-0.25, -0.2) is 4.98 Å². The van der Waals surface area contributed by atoms with E-state index in [4.69, 9.17) is 9.97 Å². The molecule has 0 amide bonds. The zero-order chi connectivity index (χ0) is 36.3. The molecule has 0 radical (unpaired) electrons. The molecule has 8 rings (SSSR count). The quantitative estimate of drug-likeness (QED) is 0.175. The monoisotopic (exact) mass is 871 g/mol. The van der Waals surface area contributed by atoms with Gasteiger partial charge in [-0.2, -0.15) is 0 Å². The SMILES string of the molecule is Cc1cc(C)c(-n2c(-c3cc(-c4ccc(C(C)(C)C)cc4)ccc3O)nc3c(-c4[c-]c(-c5c(C)ccc6cccnc56)ccc4)cccc32)c(C)c1.[Pt]. The first-order valence-electron chi connectivity index (χ1n) is 17.9. The Hall–Kier alpha value is -5.31. The summed E-state index contributed by atoms with van der Waals surface area (Å²) in [5.74, 6) is 0.872. The van der Waals surface area contributed by atoms with E-state index >= 15 is 0 Å². The van der Waals surface area contributed by atoms with Crippen molar-refractivity contribution in [2.45, 2.75) is 53.9 Å². The van der Waals surface area contributed by atoms with Crippen LogP contribution in [-0.4, -0.2) is 19.6 Å². The number of nitrogens with zero attached hydrogens (tertiary/aromatic N) is 3. The maximum Gasteiger partial charge on any atom is 0.148 e. The second-order valence-electron chi connectivity index (χ2n) is 15.1. The molecule has 266 valence electrons. The first kappa shape index (κ1) is 36.1. The van der Waals surface area contributed by atoms with E-state index in [9.17, 15) is 5.11 Å². The molecule has 0 aliphatic heterocycles. The van der Waals surface area contributed by atoms with E-state index in [0.717, 1.165) is 77.7 Å². The van der Waals surface area contributed by atoms with Crippen LogP contribution in [0.2, 0.25) is 0 Å². The van der Waals surface area contributed by atoms with Crippen molar-refractivity contribution in [2.24, 2.45) is 0 Å². The van der Waals surface area contributed by atoms with E-state index in [1.54, 1.807) is 6.07 Å². The predicted molar refractivity (Wildman–Crippen MR) is 216 cm³/mol. The third kappa shape index (κ3) is 6.51. The second-order valence-corrected chi connectivity index (χ2v) is 15.1. The molecular formula is C48H42N3OPt-. The van der Waals surface area contributed by atoms with E-state index in [-0.39, 0.29) is 32.2 Å². The van der Waals surface area contributed by atoms with Crippen molar-refractivity contribution in [3.05, 3.63) is 155 Å². The normalized spacial score (nSPS) is 11.6. The Kier molecular flexibility index (Phi) is 9.47. The predicted octanol–water partition coefficient (Wildman–Crippen LogP) is 12.3. The van der Waals surface area contributed by atoms with Gasteiger partial charge in [0.25, 0.3) is 0 Å². The molecule has 8 aromatic rings. The van der Waals surface area contributed by atoms with Crippen molar-refractivity contribution < 1.29 is 26.2 Å². The fourth-order valence-electron chi connectivity index (χ4n) is 7.66. The van der Waals surface area contributed by atoms with Gasteiger partial charge >= 0.3 is 0 Å². The standard InChI is InChI=1S/C48H42N3O.Pt/c1-29-25-31(3)46(32(4)26-29)51-41-15-9-14-39(36-11-8-12-37(27-36)43-30(2)16-17-34-13-10-24-49-44(34)43)45(41)50-47(51)40-28-35(20-23-42(40)52)33-18-21-38(22-19-33)48(5,6)7;/h8-26,28,52H,1-7H3;/q-1;. The molecule has 53 heavy (non-hydrogen) atoms. The minimum atomic E-state index is 0. The smallest absolute Gasteiger partial charge is 0.148 e. The maximum absolute atomic E-state index is 11.6. The number of para-hydroxylation sites is 1. The number of phenols is 1. The molecule has 0 atom stereocenters. The summed E-state index contributed by atoms with van der Waals surface area (Å²) in [6.45, 7) is 15.2. The number of hydrogen-bond donors (Lipinski definition) is 1. The van der Waals surface area contributed by atoms with Gasteiger partial charge < -0.3 is 5.11 Å². The average molecular weight is 872 g/mol. The fraction of sp³-hybridized carbons (Fsp3) is 0.167. The Balaban J connectivity index is 0.00000435. The van der Waals surface area contributed by atoms with E-state index in [1.807, 2.05) is 18.3 Å². The molecule has 0 spiro atoms. The number of pyridine rings is 1. The van der Waals surface area contributed by atoms with Crippen LogP contribution in [0.4, 0.5) is 0 Å². The van der Waals surface area contributed by atoms with Crippen molar-refractivity contribution in [2.75, 3.05) is 0 Å². The van der Waals surface area contributed by atoms with E-state index in [1.165, 1.54) is 11.1 Å². The van der Waals surface area contributed by atoms with E-state index in [2.05, 4.69) is 156 Å². The number of phenolic OH excluding ortho intramolecular Hbond substituents is 1. The summed E-state index contributed by atoms with van der Waals surface area (Å²) in [5, 5.41) is 12.7. The Bertz CT molecular complexity index is 2640. The molecule has 0 fully saturated rings. The van der Waals surface area contributed by atoms with Crippen LogP contribution in [0.3, 0.4) is 0 Å². The Morgan fingerprint density at radius 2 is 1.34 bits per heavy atom. The van der Waals surface area contributed by atoms with Gasteiger partial charge in [0.2, 0.25) is 0 Å². The summed E-state index contributed by atoms with van der Waals surface area (Å²) in [6, 6.07) is 43.8. The molecule has 0 bridgehead atoms. The molecule has 0 unspecified atom stereocenters. The number of benzene rings is 6. The van der Waals surface area contributed by atoms with Gasteiger partial charge in [-0.3, -0.25) is 9.55 Å². The number of hydrogen-bond acceptors (Lipinski definition) is 3. The third-order valence-corrected chi connectivity index (χ3v) is 10.2. The van der Waals surface area contributed by atoms with Crippen LogP contribution in [0.1, 0.15) is 48.6 Å². The van der Waals surface area contributed by atoms with E-state index in [0.29, 0.717) is 11.4 Å². The van der Waals surface area contributed by atoms with Gasteiger partial charge in [0, 0.05) is 32.8 Å². The van der Waals surface area contributed by atoms with Crippen molar-refractivity contribution in [1.29, 1.82) is 0 Å². The minimum Gasteiger partial charge on any atom is -0.507 e. The van der Waals surface area contributed by atoms with Crippen molar-refractivity contribution in [1.82, 2.24) is 14.5 Å². The van der Waals surface area contributed by atoms with Crippen molar-refractivity contribution in [3.63, 3.8) is 0 Å². The third-order valence-electron chi connectivity index (χ3n) is 10.2. The molecule has 2 heterocycles. The number of fused-ring (bicyclic) bond motifs is 2. The van der Waals surface area contributed by atoms with E-state index < -0.39 is 0 Å². The molecule has 0 aliphatic carbocycles. The van der Waals surface area contributed by atoms with Crippen molar-refractivity contribution >= 4 is 21.9 Å². The zero-order valence-electron chi connectivity index (χ0n) is 31.2. The minimum absolute atomic E-state index is 0. The molecule has 0 saturated heterocycles. The van der Waals surface area contributed by atoms with Crippen LogP contribution in [0.5, 0.6) is 5.75 Å².